The summed E-state index contributed by atoms with van der Waals surface area (Å²) in [6.45, 7) is 1.57. The van der Waals surface area contributed by atoms with Crippen LogP contribution in [0.15, 0.2) is 18.2 Å². The molecule has 2 atom stereocenters. The molecule has 0 unspecified atom stereocenters. The summed E-state index contributed by atoms with van der Waals surface area (Å²) in [5.74, 6) is 1.60. The average Bonchev–Trinajstić information content (AvgIpc) is 3.18. The van der Waals surface area contributed by atoms with Crippen LogP contribution in [0.2, 0.25) is 0 Å². The molecule has 1 aromatic carbocycles. The van der Waals surface area contributed by atoms with Crippen molar-refractivity contribution in [1.29, 1.82) is 0 Å². The quantitative estimate of drug-likeness (QED) is 0.348. The van der Waals surface area contributed by atoms with E-state index in [1.165, 1.54) is 19.3 Å². The van der Waals surface area contributed by atoms with Gasteiger partial charge >= 0.3 is 5.97 Å². The van der Waals surface area contributed by atoms with E-state index in [0.29, 0.717) is 23.6 Å². The second kappa shape index (κ2) is 11.3. The first kappa shape index (κ1) is 21.8. The highest BCUT2D eigenvalue weighted by molar-refractivity contribution is 8.77. The van der Waals surface area contributed by atoms with E-state index in [4.69, 9.17) is 14.2 Å². The second-order valence-corrected chi connectivity index (χ2v) is 9.05. The fourth-order valence-electron chi connectivity index (χ4n) is 2.67. The molecule has 0 spiro atoms. The number of benzene rings is 1. The Balaban J connectivity index is 1.71. The van der Waals surface area contributed by atoms with Crippen LogP contribution in [-0.4, -0.2) is 43.2 Å². The first-order chi connectivity index (χ1) is 13.0. The smallest absolute Gasteiger partial charge is 0.306 e. The van der Waals surface area contributed by atoms with Crippen LogP contribution in [0.25, 0.3) is 0 Å². The number of anilines is 1. The van der Waals surface area contributed by atoms with E-state index in [-0.39, 0.29) is 11.9 Å². The fourth-order valence-corrected chi connectivity index (χ4v) is 5.70. The molecular weight excluding hydrogens is 386 g/mol. The maximum Gasteiger partial charge on any atom is 0.306 e. The van der Waals surface area contributed by atoms with Gasteiger partial charge in [0.1, 0.15) is 0 Å². The normalized spacial score (nSPS) is 17.2. The van der Waals surface area contributed by atoms with Gasteiger partial charge in [-0.05, 0) is 38.3 Å². The zero-order chi connectivity index (χ0) is 19.6. The minimum atomic E-state index is -0.854. The lowest BCUT2D eigenvalue weighted by Crippen LogP contribution is -2.29. The summed E-state index contributed by atoms with van der Waals surface area (Å²) in [5.41, 5.74) is 0.549. The summed E-state index contributed by atoms with van der Waals surface area (Å²) in [5, 5.41) is 3.44. The Morgan fingerprint density at radius 2 is 2.00 bits per heavy atom. The van der Waals surface area contributed by atoms with Crippen molar-refractivity contribution in [2.45, 2.75) is 50.4 Å². The summed E-state index contributed by atoms with van der Waals surface area (Å²) in [7, 11) is 6.95. The second-order valence-electron chi connectivity index (χ2n) is 6.27. The number of hydrogen-bond donors (Lipinski definition) is 1. The summed E-state index contributed by atoms with van der Waals surface area (Å²) in [6, 6.07) is 5.06. The Morgan fingerprint density at radius 1 is 1.22 bits per heavy atom. The van der Waals surface area contributed by atoms with E-state index >= 15 is 0 Å². The number of amides is 1. The van der Waals surface area contributed by atoms with E-state index in [0.717, 1.165) is 24.5 Å². The number of carbonyl (C=O) groups excluding carboxylic acids is 2. The number of unbranched alkanes of at least 4 members (excludes halogenated alkanes) is 1. The van der Waals surface area contributed by atoms with Gasteiger partial charge in [0.25, 0.3) is 5.91 Å². The molecule has 150 valence electrons. The van der Waals surface area contributed by atoms with Crippen molar-refractivity contribution in [3.63, 3.8) is 0 Å². The van der Waals surface area contributed by atoms with Gasteiger partial charge in [-0.2, -0.15) is 0 Å². The molecule has 0 aliphatic carbocycles. The minimum Gasteiger partial charge on any atom is -0.493 e. The molecule has 1 amide bonds. The molecule has 1 heterocycles. The van der Waals surface area contributed by atoms with Crippen LogP contribution in [0.4, 0.5) is 5.69 Å². The first-order valence-electron chi connectivity index (χ1n) is 9.04. The SMILES string of the molecule is COc1ccc(NC(=O)[C@H](C)OC(=O)CCCC[C@@H]2CCSS2)cc1OC. The van der Waals surface area contributed by atoms with E-state index in [2.05, 4.69) is 5.32 Å². The van der Waals surface area contributed by atoms with E-state index in [1.807, 2.05) is 21.6 Å². The van der Waals surface area contributed by atoms with Crippen LogP contribution in [0.3, 0.4) is 0 Å². The lowest BCUT2D eigenvalue weighted by molar-refractivity contribution is -0.153. The van der Waals surface area contributed by atoms with Gasteiger partial charge in [0.05, 0.1) is 14.2 Å². The van der Waals surface area contributed by atoms with Crippen LogP contribution < -0.4 is 14.8 Å². The largest absolute Gasteiger partial charge is 0.493 e. The molecule has 0 saturated carbocycles. The third-order valence-corrected chi connectivity index (χ3v) is 7.22. The molecule has 6 nitrogen and oxygen atoms in total. The van der Waals surface area contributed by atoms with Gasteiger partial charge in [-0.3, -0.25) is 9.59 Å². The molecule has 1 N–H and O–H groups in total. The average molecular weight is 414 g/mol. The van der Waals surface area contributed by atoms with Crippen molar-refractivity contribution in [1.82, 2.24) is 0 Å². The predicted molar refractivity (Wildman–Crippen MR) is 111 cm³/mol. The third-order valence-electron chi connectivity index (χ3n) is 4.21. The number of rotatable bonds is 10. The summed E-state index contributed by atoms with van der Waals surface area (Å²) < 4.78 is 15.6. The fraction of sp³-hybridized carbons (Fsp3) is 0.579. The monoisotopic (exact) mass is 413 g/mol. The zero-order valence-corrected chi connectivity index (χ0v) is 17.6. The lowest BCUT2D eigenvalue weighted by Gasteiger charge is -2.15. The zero-order valence-electron chi connectivity index (χ0n) is 16.0. The number of carbonyl (C=O) groups is 2. The van der Waals surface area contributed by atoms with Gasteiger partial charge < -0.3 is 19.5 Å². The molecule has 0 aromatic heterocycles. The standard InChI is InChI=1S/C19H27NO5S2/c1-13(25-18(21)7-5-4-6-15-10-11-26-27-15)19(22)20-14-8-9-16(23-2)17(12-14)24-3/h8-9,12-13,15H,4-7,10-11H2,1-3H3,(H,20,22)/t13-,15+/m0/s1. The minimum absolute atomic E-state index is 0.335. The number of nitrogens with one attached hydrogen (secondary N) is 1. The van der Waals surface area contributed by atoms with E-state index < -0.39 is 6.10 Å². The van der Waals surface area contributed by atoms with Crippen LogP contribution in [-0.2, 0) is 14.3 Å². The molecule has 1 aromatic rings. The van der Waals surface area contributed by atoms with Crippen LogP contribution in [0, 0.1) is 0 Å². The highest BCUT2D eigenvalue weighted by Crippen LogP contribution is 2.39. The number of ether oxygens (including phenoxy) is 3. The van der Waals surface area contributed by atoms with Gasteiger partial charge in [-0.15, -0.1) is 0 Å². The van der Waals surface area contributed by atoms with Gasteiger partial charge in [-0.1, -0.05) is 28.0 Å². The molecule has 8 heteroatoms. The Morgan fingerprint density at radius 3 is 2.67 bits per heavy atom. The van der Waals surface area contributed by atoms with Crippen LogP contribution >= 0.6 is 21.6 Å². The predicted octanol–water partition coefficient (Wildman–Crippen LogP) is 4.29. The van der Waals surface area contributed by atoms with Gasteiger partial charge in [0.2, 0.25) is 0 Å². The number of esters is 1. The summed E-state index contributed by atoms with van der Waals surface area (Å²) in [6.07, 6.45) is 3.70. The molecule has 0 bridgehead atoms. The van der Waals surface area contributed by atoms with Gasteiger partial charge in [0.15, 0.2) is 17.6 Å². The first-order valence-corrected chi connectivity index (χ1v) is 11.4. The van der Waals surface area contributed by atoms with Crippen molar-refractivity contribution < 1.29 is 23.8 Å². The molecule has 27 heavy (non-hydrogen) atoms. The van der Waals surface area contributed by atoms with Gasteiger partial charge in [-0.25, -0.2) is 0 Å². The van der Waals surface area contributed by atoms with Crippen molar-refractivity contribution in [3.8, 4) is 11.5 Å². The lowest BCUT2D eigenvalue weighted by atomic mass is 10.1. The number of hydrogen-bond acceptors (Lipinski definition) is 7. The van der Waals surface area contributed by atoms with E-state index in [9.17, 15) is 9.59 Å². The molecular formula is C19H27NO5S2. The van der Waals surface area contributed by atoms with Crippen molar-refractivity contribution >= 4 is 39.2 Å². The Hall–Kier alpha value is -1.54. The summed E-state index contributed by atoms with van der Waals surface area (Å²) in [4.78, 5) is 24.2. The highest BCUT2D eigenvalue weighted by Gasteiger charge is 2.19. The maximum absolute atomic E-state index is 12.2. The molecule has 0 radical (unpaired) electrons. The Kier molecular flexibility index (Phi) is 9.14. The Bertz CT molecular complexity index is 635. The number of methoxy groups -OCH3 is 2. The van der Waals surface area contributed by atoms with Crippen LogP contribution in [0.5, 0.6) is 11.5 Å². The van der Waals surface area contributed by atoms with Crippen molar-refractivity contribution in [2.75, 3.05) is 25.3 Å². The topological polar surface area (TPSA) is 73.9 Å². The molecule has 1 aliphatic rings. The molecule has 1 aliphatic heterocycles. The van der Waals surface area contributed by atoms with Gasteiger partial charge in [0, 0.05) is 29.2 Å². The summed E-state index contributed by atoms with van der Waals surface area (Å²) >= 11 is 0. The van der Waals surface area contributed by atoms with Crippen LogP contribution in [0.1, 0.15) is 39.0 Å². The third kappa shape index (κ3) is 7.18. The molecule has 1 saturated heterocycles. The Labute approximate surface area is 168 Å². The van der Waals surface area contributed by atoms with Crippen molar-refractivity contribution in [2.24, 2.45) is 0 Å². The van der Waals surface area contributed by atoms with E-state index in [1.54, 1.807) is 32.2 Å². The molecule has 2 rings (SSSR count). The van der Waals surface area contributed by atoms with Crippen molar-refractivity contribution in [3.05, 3.63) is 18.2 Å². The highest BCUT2D eigenvalue weighted by atomic mass is 33.1. The molecule has 1 fully saturated rings. The maximum atomic E-state index is 12.2.